The Bertz CT molecular complexity index is 575. The van der Waals surface area contributed by atoms with Crippen LogP contribution in [-0.4, -0.2) is 45.1 Å². The Balaban J connectivity index is 2.19. The average Bonchev–Trinajstić information content (AvgIpc) is 3.04. The van der Waals surface area contributed by atoms with Gasteiger partial charge in [-0.15, -0.1) is 11.3 Å². The fourth-order valence-corrected chi connectivity index (χ4v) is 5.26. The van der Waals surface area contributed by atoms with Crippen molar-refractivity contribution in [3.05, 3.63) is 15.8 Å². The molecule has 0 saturated carbocycles. The summed E-state index contributed by atoms with van der Waals surface area (Å²) in [5, 5.41) is 3.32. The van der Waals surface area contributed by atoms with E-state index in [2.05, 4.69) is 19.2 Å². The third-order valence-electron chi connectivity index (χ3n) is 3.68. The van der Waals surface area contributed by atoms with Gasteiger partial charge in [-0.25, -0.2) is 8.42 Å². The Morgan fingerprint density at radius 1 is 1.52 bits per heavy atom. The third-order valence-corrected chi connectivity index (χ3v) is 6.90. The lowest BCUT2D eigenvalue weighted by Crippen LogP contribution is -2.37. The number of thiophene rings is 1. The second kappa shape index (κ2) is 6.75. The molecule has 2 rings (SSSR count). The number of likely N-dealkylation sites (N-methyl/N-ethyl adjacent to an activating group) is 1. The highest BCUT2D eigenvalue weighted by atomic mass is 32.2. The summed E-state index contributed by atoms with van der Waals surface area (Å²) in [6.07, 6.45) is 0.765. The molecule has 5 nitrogen and oxygen atoms in total. The van der Waals surface area contributed by atoms with Crippen molar-refractivity contribution in [3.8, 4) is 0 Å². The molecule has 1 atom stereocenters. The van der Waals surface area contributed by atoms with Crippen LogP contribution in [-0.2, 0) is 21.3 Å². The van der Waals surface area contributed by atoms with Crippen LogP contribution in [0.25, 0.3) is 0 Å². The van der Waals surface area contributed by atoms with Crippen LogP contribution < -0.4 is 5.32 Å². The number of nitrogens with one attached hydrogen (secondary N) is 1. The van der Waals surface area contributed by atoms with Crippen molar-refractivity contribution >= 4 is 21.4 Å². The lowest BCUT2D eigenvalue weighted by molar-refractivity contribution is 0.181. The lowest BCUT2D eigenvalue weighted by atomic mass is 10.3. The van der Waals surface area contributed by atoms with Gasteiger partial charge in [0, 0.05) is 36.0 Å². The van der Waals surface area contributed by atoms with Crippen LogP contribution in [0.15, 0.2) is 11.0 Å². The van der Waals surface area contributed by atoms with Crippen LogP contribution in [0, 0.1) is 6.92 Å². The van der Waals surface area contributed by atoms with Crippen LogP contribution in [0.1, 0.15) is 30.0 Å². The van der Waals surface area contributed by atoms with Crippen molar-refractivity contribution in [1.82, 2.24) is 9.62 Å². The molecule has 0 spiro atoms. The van der Waals surface area contributed by atoms with Gasteiger partial charge in [0.2, 0.25) is 10.0 Å². The van der Waals surface area contributed by atoms with Gasteiger partial charge >= 0.3 is 0 Å². The van der Waals surface area contributed by atoms with Crippen molar-refractivity contribution in [3.63, 3.8) is 0 Å². The number of ether oxygens (including phenoxy) is 1. The molecule has 0 aromatic carbocycles. The standard InChI is InChI=1S/C14H24N2O3S2/c1-10(2)15-8-13-7-14(11(3)20-13)21(17,18)16(4)12-5-6-19-9-12/h7,10,12,15H,5-6,8-9H2,1-4H3. The van der Waals surface area contributed by atoms with E-state index in [1.54, 1.807) is 24.5 Å². The van der Waals surface area contributed by atoms with Crippen LogP contribution in [0.5, 0.6) is 0 Å². The maximum atomic E-state index is 12.7. The van der Waals surface area contributed by atoms with Crippen molar-refractivity contribution in [2.45, 2.75) is 50.7 Å². The number of hydrogen-bond acceptors (Lipinski definition) is 5. The molecule has 1 unspecified atom stereocenters. The fourth-order valence-electron chi connectivity index (χ4n) is 2.33. The summed E-state index contributed by atoms with van der Waals surface area (Å²) in [5.41, 5.74) is 0. The largest absolute Gasteiger partial charge is 0.380 e. The average molecular weight is 332 g/mol. The Morgan fingerprint density at radius 3 is 2.81 bits per heavy atom. The summed E-state index contributed by atoms with van der Waals surface area (Å²) in [4.78, 5) is 2.33. The van der Waals surface area contributed by atoms with Crippen LogP contribution >= 0.6 is 11.3 Å². The Hall–Kier alpha value is -0.470. The summed E-state index contributed by atoms with van der Waals surface area (Å²) in [6.45, 7) is 7.85. The van der Waals surface area contributed by atoms with E-state index in [0.717, 1.165) is 16.2 Å². The summed E-state index contributed by atoms with van der Waals surface area (Å²) in [6, 6.07) is 2.13. The first-order chi connectivity index (χ1) is 9.82. The molecule has 0 amide bonds. The predicted octanol–water partition coefficient (Wildman–Crippen LogP) is 1.96. The topological polar surface area (TPSA) is 58.6 Å². The second-order valence-electron chi connectivity index (χ2n) is 5.71. The van der Waals surface area contributed by atoms with Crippen molar-refractivity contribution in [2.24, 2.45) is 0 Å². The number of hydrogen-bond donors (Lipinski definition) is 1. The molecule has 1 aromatic heterocycles. The van der Waals surface area contributed by atoms with E-state index in [1.807, 2.05) is 6.92 Å². The Kier molecular flexibility index (Phi) is 5.43. The zero-order valence-electron chi connectivity index (χ0n) is 13.0. The highest BCUT2D eigenvalue weighted by Gasteiger charge is 2.32. The van der Waals surface area contributed by atoms with E-state index in [0.29, 0.717) is 30.7 Å². The van der Waals surface area contributed by atoms with E-state index in [4.69, 9.17) is 4.74 Å². The van der Waals surface area contributed by atoms with Gasteiger partial charge in [0.05, 0.1) is 17.5 Å². The molecule has 120 valence electrons. The molecule has 2 heterocycles. The summed E-state index contributed by atoms with van der Waals surface area (Å²) < 4.78 is 32.3. The third kappa shape index (κ3) is 3.84. The maximum absolute atomic E-state index is 12.7. The zero-order chi connectivity index (χ0) is 15.6. The number of sulfonamides is 1. The van der Waals surface area contributed by atoms with Crippen LogP contribution in [0.2, 0.25) is 0 Å². The minimum absolute atomic E-state index is 0.0495. The molecule has 21 heavy (non-hydrogen) atoms. The molecule has 1 aliphatic rings. The minimum atomic E-state index is -3.43. The van der Waals surface area contributed by atoms with Gasteiger partial charge in [-0.05, 0) is 19.4 Å². The minimum Gasteiger partial charge on any atom is -0.380 e. The van der Waals surface area contributed by atoms with E-state index in [9.17, 15) is 8.42 Å². The lowest BCUT2D eigenvalue weighted by Gasteiger charge is -2.22. The zero-order valence-corrected chi connectivity index (χ0v) is 14.7. The van der Waals surface area contributed by atoms with Gasteiger partial charge in [0.25, 0.3) is 0 Å². The smallest absolute Gasteiger partial charge is 0.244 e. The molecule has 0 radical (unpaired) electrons. The quantitative estimate of drug-likeness (QED) is 0.865. The van der Waals surface area contributed by atoms with Crippen molar-refractivity contribution in [2.75, 3.05) is 20.3 Å². The van der Waals surface area contributed by atoms with Gasteiger partial charge in [-0.1, -0.05) is 13.8 Å². The van der Waals surface area contributed by atoms with Crippen LogP contribution in [0.4, 0.5) is 0 Å². The Labute approximate surface area is 131 Å². The summed E-state index contributed by atoms with van der Waals surface area (Å²) >= 11 is 1.54. The first-order valence-corrected chi connectivity index (χ1v) is 9.46. The molecule has 1 aromatic rings. The van der Waals surface area contributed by atoms with E-state index >= 15 is 0 Å². The van der Waals surface area contributed by atoms with E-state index in [1.165, 1.54) is 4.31 Å². The van der Waals surface area contributed by atoms with Gasteiger partial charge in [-0.3, -0.25) is 0 Å². The van der Waals surface area contributed by atoms with Gasteiger partial charge in [0.15, 0.2) is 0 Å². The first-order valence-electron chi connectivity index (χ1n) is 7.21. The molecule has 0 aliphatic carbocycles. The highest BCUT2D eigenvalue weighted by Crippen LogP contribution is 2.29. The molecule has 7 heteroatoms. The number of rotatable bonds is 6. The molecular formula is C14H24N2O3S2. The molecule has 1 fully saturated rings. The van der Waals surface area contributed by atoms with E-state index < -0.39 is 10.0 Å². The first kappa shape index (κ1) is 16.9. The number of nitrogens with zero attached hydrogens (tertiary/aromatic N) is 1. The SMILES string of the molecule is Cc1sc(CNC(C)C)cc1S(=O)(=O)N(C)C1CCOC1. The predicted molar refractivity (Wildman–Crippen MR) is 85.2 cm³/mol. The monoisotopic (exact) mass is 332 g/mol. The van der Waals surface area contributed by atoms with Crippen molar-refractivity contribution in [1.29, 1.82) is 0 Å². The van der Waals surface area contributed by atoms with Gasteiger partial charge < -0.3 is 10.1 Å². The fraction of sp³-hybridized carbons (Fsp3) is 0.714. The highest BCUT2D eigenvalue weighted by molar-refractivity contribution is 7.89. The molecule has 1 N–H and O–H groups in total. The van der Waals surface area contributed by atoms with Crippen molar-refractivity contribution < 1.29 is 13.2 Å². The molecular weight excluding hydrogens is 308 g/mol. The summed E-state index contributed by atoms with van der Waals surface area (Å²) in [5.74, 6) is 0. The second-order valence-corrected chi connectivity index (χ2v) is 9.01. The van der Waals surface area contributed by atoms with Gasteiger partial charge in [-0.2, -0.15) is 4.31 Å². The molecule has 1 aliphatic heterocycles. The molecule has 0 bridgehead atoms. The van der Waals surface area contributed by atoms with Crippen LogP contribution in [0.3, 0.4) is 0 Å². The molecule has 1 saturated heterocycles. The van der Waals surface area contributed by atoms with E-state index in [-0.39, 0.29) is 6.04 Å². The number of aryl methyl sites for hydroxylation is 1. The summed E-state index contributed by atoms with van der Waals surface area (Å²) in [7, 11) is -1.78. The van der Waals surface area contributed by atoms with Gasteiger partial charge in [0.1, 0.15) is 0 Å². The maximum Gasteiger partial charge on any atom is 0.244 e. The Morgan fingerprint density at radius 2 is 2.24 bits per heavy atom. The normalized spacial score (nSPS) is 19.8.